The van der Waals surface area contributed by atoms with Crippen molar-refractivity contribution in [3.63, 3.8) is 0 Å². The SMILES string of the molecule is CCOC(=O)c1c(Cl)nn(C)c1C(F)F. The molecule has 0 spiro atoms. The fourth-order valence-electron chi connectivity index (χ4n) is 1.15. The molecule has 0 aliphatic rings. The van der Waals surface area contributed by atoms with Crippen LogP contribution < -0.4 is 0 Å². The predicted molar refractivity (Wildman–Crippen MR) is 49.1 cm³/mol. The molecule has 0 saturated heterocycles. The van der Waals surface area contributed by atoms with Gasteiger partial charge in [0.15, 0.2) is 5.15 Å². The molecule has 0 aliphatic carbocycles. The molecule has 0 N–H and O–H groups in total. The van der Waals surface area contributed by atoms with Crippen molar-refractivity contribution in [3.05, 3.63) is 16.4 Å². The van der Waals surface area contributed by atoms with Crippen LogP contribution in [0.3, 0.4) is 0 Å². The van der Waals surface area contributed by atoms with Crippen molar-refractivity contribution in [2.45, 2.75) is 13.3 Å². The summed E-state index contributed by atoms with van der Waals surface area (Å²) in [4.78, 5) is 11.3. The van der Waals surface area contributed by atoms with Crippen LogP contribution in [0.2, 0.25) is 5.15 Å². The lowest BCUT2D eigenvalue weighted by Gasteiger charge is -2.04. The molecule has 1 aromatic rings. The topological polar surface area (TPSA) is 44.1 Å². The number of hydrogen-bond donors (Lipinski definition) is 0. The molecule has 0 aromatic carbocycles. The minimum Gasteiger partial charge on any atom is -0.462 e. The Kier molecular flexibility index (Phi) is 3.62. The van der Waals surface area contributed by atoms with Gasteiger partial charge in [0.05, 0.1) is 6.61 Å². The van der Waals surface area contributed by atoms with Gasteiger partial charge < -0.3 is 4.74 Å². The fourth-order valence-corrected chi connectivity index (χ4v) is 1.43. The van der Waals surface area contributed by atoms with Crippen molar-refractivity contribution >= 4 is 17.6 Å². The Morgan fingerprint density at radius 3 is 2.73 bits per heavy atom. The standard InChI is InChI=1S/C8H9ClF2N2O2/c1-3-15-8(14)4-5(7(10)11)13(2)12-6(4)9/h7H,3H2,1-2H3. The predicted octanol–water partition coefficient (Wildman–Crippen LogP) is 2.19. The van der Waals surface area contributed by atoms with Crippen LogP contribution >= 0.6 is 11.6 Å². The van der Waals surface area contributed by atoms with Crippen LogP contribution in [-0.2, 0) is 11.8 Å². The van der Waals surface area contributed by atoms with Gasteiger partial charge in [0.1, 0.15) is 11.3 Å². The summed E-state index contributed by atoms with van der Waals surface area (Å²) in [5, 5.41) is 3.26. The lowest BCUT2D eigenvalue weighted by atomic mass is 10.2. The maximum Gasteiger partial charge on any atom is 0.343 e. The molecular weight excluding hydrogens is 230 g/mol. The van der Waals surface area contributed by atoms with Crippen LogP contribution in [0.15, 0.2) is 0 Å². The summed E-state index contributed by atoms with van der Waals surface area (Å²) < 4.78 is 30.6. The van der Waals surface area contributed by atoms with E-state index in [0.29, 0.717) is 0 Å². The lowest BCUT2D eigenvalue weighted by Crippen LogP contribution is -2.09. The monoisotopic (exact) mass is 238 g/mol. The molecule has 0 atom stereocenters. The molecule has 4 nitrogen and oxygen atoms in total. The number of rotatable bonds is 3. The van der Waals surface area contributed by atoms with E-state index in [1.54, 1.807) is 6.92 Å². The van der Waals surface area contributed by atoms with Gasteiger partial charge in [-0.3, -0.25) is 4.68 Å². The van der Waals surface area contributed by atoms with E-state index in [0.717, 1.165) is 4.68 Å². The average molecular weight is 239 g/mol. The van der Waals surface area contributed by atoms with Crippen LogP contribution in [0.25, 0.3) is 0 Å². The fraction of sp³-hybridized carbons (Fsp3) is 0.500. The van der Waals surface area contributed by atoms with Gasteiger partial charge in [-0.25, -0.2) is 13.6 Å². The number of aryl methyl sites for hydroxylation is 1. The molecule has 15 heavy (non-hydrogen) atoms. The highest BCUT2D eigenvalue weighted by atomic mass is 35.5. The number of carbonyl (C=O) groups is 1. The molecule has 0 aliphatic heterocycles. The third-order valence-corrected chi connectivity index (χ3v) is 2.00. The third kappa shape index (κ3) is 2.26. The molecule has 7 heteroatoms. The number of aromatic nitrogens is 2. The van der Waals surface area contributed by atoms with Gasteiger partial charge in [-0.15, -0.1) is 0 Å². The van der Waals surface area contributed by atoms with Crippen molar-refractivity contribution in [2.24, 2.45) is 7.05 Å². The third-order valence-electron chi connectivity index (χ3n) is 1.74. The summed E-state index contributed by atoms with van der Waals surface area (Å²) in [5.74, 6) is -0.883. The second kappa shape index (κ2) is 4.57. The number of esters is 1. The summed E-state index contributed by atoms with van der Waals surface area (Å²) in [6.45, 7) is 1.66. The van der Waals surface area contributed by atoms with E-state index in [-0.39, 0.29) is 17.3 Å². The number of nitrogens with zero attached hydrogens (tertiary/aromatic N) is 2. The van der Waals surface area contributed by atoms with E-state index in [4.69, 9.17) is 11.6 Å². The van der Waals surface area contributed by atoms with Gasteiger partial charge in [0.25, 0.3) is 6.43 Å². The number of alkyl halides is 2. The van der Waals surface area contributed by atoms with E-state index in [1.165, 1.54) is 7.05 Å². The molecule has 1 heterocycles. The second-order valence-corrected chi connectivity index (χ2v) is 3.05. The zero-order valence-electron chi connectivity index (χ0n) is 8.13. The summed E-state index contributed by atoms with van der Waals surface area (Å²) in [5.41, 5.74) is -0.894. The quantitative estimate of drug-likeness (QED) is 0.758. The van der Waals surface area contributed by atoms with Crippen LogP contribution in [0.4, 0.5) is 8.78 Å². The van der Waals surface area contributed by atoms with Gasteiger partial charge in [0.2, 0.25) is 0 Å². The maximum absolute atomic E-state index is 12.6. The molecule has 84 valence electrons. The van der Waals surface area contributed by atoms with E-state index < -0.39 is 18.1 Å². The van der Waals surface area contributed by atoms with Crippen LogP contribution in [0.5, 0.6) is 0 Å². The first kappa shape index (κ1) is 11.9. The molecule has 1 rings (SSSR count). The molecule has 0 fully saturated rings. The first-order valence-electron chi connectivity index (χ1n) is 4.16. The van der Waals surface area contributed by atoms with Crippen molar-refractivity contribution in [1.29, 1.82) is 0 Å². The minimum absolute atomic E-state index is 0.0900. The van der Waals surface area contributed by atoms with Crippen LogP contribution in [0.1, 0.15) is 29.4 Å². The van der Waals surface area contributed by atoms with Gasteiger partial charge in [0, 0.05) is 7.05 Å². The van der Waals surface area contributed by atoms with Crippen LogP contribution in [0, 0.1) is 0 Å². The van der Waals surface area contributed by atoms with E-state index >= 15 is 0 Å². The Morgan fingerprint density at radius 1 is 1.67 bits per heavy atom. The Morgan fingerprint density at radius 2 is 2.27 bits per heavy atom. The van der Waals surface area contributed by atoms with Gasteiger partial charge in [-0.2, -0.15) is 5.10 Å². The van der Waals surface area contributed by atoms with Crippen molar-refractivity contribution in [1.82, 2.24) is 9.78 Å². The Balaban J connectivity index is 3.20. The van der Waals surface area contributed by atoms with E-state index in [9.17, 15) is 13.6 Å². The van der Waals surface area contributed by atoms with Crippen molar-refractivity contribution in [2.75, 3.05) is 6.61 Å². The van der Waals surface area contributed by atoms with E-state index in [2.05, 4.69) is 9.84 Å². The summed E-state index contributed by atoms with van der Waals surface area (Å²) in [7, 11) is 1.29. The zero-order chi connectivity index (χ0) is 11.6. The number of halogens is 3. The Bertz CT molecular complexity index is 379. The molecule has 0 unspecified atom stereocenters. The first-order valence-corrected chi connectivity index (χ1v) is 4.54. The molecule has 0 amide bonds. The van der Waals surface area contributed by atoms with Gasteiger partial charge >= 0.3 is 5.97 Å². The maximum atomic E-state index is 12.6. The summed E-state index contributed by atoms with van der Waals surface area (Å²) in [6.07, 6.45) is -2.82. The number of hydrogen-bond acceptors (Lipinski definition) is 3. The highest BCUT2D eigenvalue weighted by Crippen LogP contribution is 2.28. The van der Waals surface area contributed by atoms with Crippen LogP contribution in [-0.4, -0.2) is 22.4 Å². The zero-order valence-corrected chi connectivity index (χ0v) is 8.89. The van der Waals surface area contributed by atoms with Gasteiger partial charge in [-0.1, -0.05) is 11.6 Å². The second-order valence-electron chi connectivity index (χ2n) is 2.70. The average Bonchev–Trinajstić information content (AvgIpc) is 2.41. The Labute approximate surface area is 89.8 Å². The highest BCUT2D eigenvalue weighted by Gasteiger charge is 2.28. The molecule has 0 bridgehead atoms. The Hall–Kier alpha value is -1.17. The normalized spacial score (nSPS) is 10.8. The largest absolute Gasteiger partial charge is 0.462 e. The molecule has 0 radical (unpaired) electrons. The summed E-state index contributed by atoms with van der Waals surface area (Å²) in [6, 6.07) is 0. The van der Waals surface area contributed by atoms with Crippen molar-refractivity contribution < 1.29 is 18.3 Å². The summed E-state index contributed by atoms with van der Waals surface area (Å²) >= 11 is 5.56. The molecule has 1 aromatic heterocycles. The molecular formula is C8H9ClF2N2O2. The van der Waals surface area contributed by atoms with E-state index in [1.807, 2.05) is 0 Å². The smallest absolute Gasteiger partial charge is 0.343 e. The minimum atomic E-state index is -2.82. The first-order chi connectivity index (χ1) is 6.99. The number of carbonyl (C=O) groups excluding carboxylic acids is 1. The molecule has 0 saturated carbocycles. The number of ether oxygens (including phenoxy) is 1. The van der Waals surface area contributed by atoms with Gasteiger partial charge in [-0.05, 0) is 6.92 Å². The lowest BCUT2D eigenvalue weighted by molar-refractivity contribution is 0.0514. The highest BCUT2D eigenvalue weighted by molar-refractivity contribution is 6.32. The van der Waals surface area contributed by atoms with Crippen molar-refractivity contribution in [3.8, 4) is 0 Å².